The number of amides is 1. The van der Waals surface area contributed by atoms with Gasteiger partial charge in [-0.3, -0.25) is 19.3 Å². The molecular weight excluding hydrogens is 612 g/mol. The van der Waals surface area contributed by atoms with E-state index >= 15 is 0 Å². The number of hydrogen-bond donors (Lipinski definition) is 4. The first kappa shape index (κ1) is 36.0. The molecule has 2 fully saturated rings. The number of carboxylic acids is 2. The Balaban J connectivity index is 0.000000588. The molecule has 3 heterocycles. The molecule has 1 saturated heterocycles. The Bertz CT molecular complexity index is 1630. The Hall–Kier alpha value is -4.88. The van der Waals surface area contributed by atoms with E-state index in [1.165, 1.54) is 19.2 Å². The Morgan fingerprint density at radius 2 is 1.44 bits per heavy atom. The van der Waals surface area contributed by atoms with E-state index in [9.17, 15) is 4.79 Å². The number of nitrogen functional groups attached to an aromatic ring is 1. The number of carbonyl (C=O) groups excluding carboxylic acids is 1. The summed E-state index contributed by atoms with van der Waals surface area (Å²) in [5.41, 5.74) is 10.8. The van der Waals surface area contributed by atoms with Crippen LogP contribution in [0.2, 0.25) is 0 Å². The van der Waals surface area contributed by atoms with Gasteiger partial charge in [0.1, 0.15) is 17.8 Å². The predicted octanol–water partition coefficient (Wildman–Crippen LogP) is 4.56. The molecule has 256 valence electrons. The number of nitrogens with two attached hydrogens (primary N) is 1. The molecule has 0 atom stereocenters. The van der Waals surface area contributed by atoms with Crippen molar-refractivity contribution in [1.82, 2.24) is 29.5 Å². The smallest absolute Gasteiger partial charge is 0.300 e. The van der Waals surface area contributed by atoms with Crippen LogP contribution in [0, 0.1) is 0 Å². The Morgan fingerprint density at radius 3 is 2.04 bits per heavy atom. The van der Waals surface area contributed by atoms with Crippen molar-refractivity contribution in [3.63, 3.8) is 0 Å². The molecule has 13 heteroatoms. The third-order valence-electron chi connectivity index (χ3n) is 8.51. The number of hydrogen-bond acceptors (Lipinski definition) is 9. The topological polar surface area (TPSA) is 180 Å². The largest absolute Gasteiger partial charge is 0.481 e. The van der Waals surface area contributed by atoms with E-state index in [0.29, 0.717) is 24.7 Å². The molecule has 2 aromatic heterocycles. The summed E-state index contributed by atoms with van der Waals surface area (Å²) >= 11 is 0. The molecule has 2 aromatic carbocycles. The molecule has 0 unspecified atom stereocenters. The zero-order chi connectivity index (χ0) is 34.6. The second kappa shape index (κ2) is 17.3. The fraction of sp³-hybridized carbons (Fsp3) is 0.429. The van der Waals surface area contributed by atoms with Gasteiger partial charge in [0.2, 0.25) is 5.91 Å². The fourth-order valence-corrected chi connectivity index (χ4v) is 6.14. The molecule has 2 aliphatic rings. The van der Waals surface area contributed by atoms with Crippen LogP contribution in [0.4, 0.5) is 11.5 Å². The number of nitrogens with zero attached hydrogens (tertiary/aromatic N) is 6. The van der Waals surface area contributed by atoms with Gasteiger partial charge in [0.15, 0.2) is 5.65 Å². The summed E-state index contributed by atoms with van der Waals surface area (Å²) in [5.74, 6) is -1.23. The van der Waals surface area contributed by atoms with Crippen LogP contribution >= 0.6 is 0 Å². The second-order valence-electron chi connectivity index (χ2n) is 12.2. The van der Waals surface area contributed by atoms with Gasteiger partial charge >= 0.3 is 0 Å². The van der Waals surface area contributed by atoms with Crippen LogP contribution in [0.25, 0.3) is 22.3 Å². The molecule has 48 heavy (non-hydrogen) atoms. The quantitative estimate of drug-likeness (QED) is 0.219. The Morgan fingerprint density at radius 1 is 0.854 bits per heavy atom. The lowest BCUT2D eigenvalue weighted by atomic mass is 9.90. The maximum atomic E-state index is 12.5. The van der Waals surface area contributed by atoms with Gasteiger partial charge in [0, 0.05) is 63.7 Å². The number of fused-ring (bicyclic) bond motifs is 1. The molecule has 13 nitrogen and oxygen atoms in total. The molecule has 6 rings (SSSR count). The van der Waals surface area contributed by atoms with Crippen molar-refractivity contribution < 1.29 is 24.6 Å². The summed E-state index contributed by atoms with van der Waals surface area (Å²) in [6, 6.07) is 18.8. The minimum absolute atomic E-state index is 0.00356. The SMILES string of the molecule is CC(=O)O.CC(=O)O.CN1CCN(C2CCC(n3nc(-c4ccc(NC(=O)CCc5ccccc5)cc4)c4c(N)ncnc43)CC2)CC1. The summed E-state index contributed by atoms with van der Waals surface area (Å²) in [6.45, 7) is 6.79. The number of aryl methyl sites for hydroxylation is 1. The first-order valence-electron chi connectivity index (χ1n) is 16.3. The number of nitrogens with one attached hydrogen (secondary N) is 1. The Labute approximate surface area is 280 Å². The maximum Gasteiger partial charge on any atom is 0.300 e. The van der Waals surface area contributed by atoms with Crippen LogP contribution in [-0.4, -0.2) is 96.9 Å². The number of likely N-dealkylation sites (N-methyl/N-ethyl adjacent to an activating group) is 1. The zero-order valence-electron chi connectivity index (χ0n) is 27.9. The van der Waals surface area contributed by atoms with Gasteiger partial charge in [-0.05, 0) is 56.8 Å². The van der Waals surface area contributed by atoms with Crippen LogP contribution in [0.1, 0.15) is 57.6 Å². The van der Waals surface area contributed by atoms with Crippen molar-refractivity contribution in [2.24, 2.45) is 0 Å². The van der Waals surface area contributed by atoms with Gasteiger partial charge < -0.3 is 26.2 Å². The fourth-order valence-electron chi connectivity index (χ4n) is 6.14. The van der Waals surface area contributed by atoms with E-state index in [1.807, 2.05) is 54.6 Å². The van der Waals surface area contributed by atoms with Crippen molar-refractivity contribution in [1.29, 1.82) is 0 Å². The first-order valence-corrected chi connectivity index (χ1v) is 16.3. The van der Waals surface area contributed by atoms with Gasteiger partial charge in [0.25, 0.3) is 11.9 Å². The third kappa shape index (κ3) is 10.3. The number of piperazine rings is 1. The van der Waals surface area contributed by atoms with E-state index in [4.69, 9.17) is 30.6 Å². The molecule has 1 aliphatic heterocycles. The number of carbonyl (C=O) groups is 3. The average molecular weight is 659 g/mol. The lowest BCUT2D eigenvalue weighted by Crippen LogP contribution is -2.49. The Kier molecular flexibility index (Phi) is 13.0. The monoisotopic (exact) mass is 658 g/mol. The number of aromatic nitrogens is 4. The van der Waals surface area contributed by atoms with Crippen LogP contribution in [-0.2, 0) is 20.8 Å². The molecule has 4 aromatic rings. The summed E-state index contributed by atoms with van der Waals surface area (Å²) in [6.07, 6.45) is 7.17. The van der Waals surface area contributed by atoms with Crippen molar-refractivity contribution in [3.05, 3.63) is 66.5 Å². The van der Waals surface area contributed by atoms with Crippen LogP contribution in [0.3, 0.4) is 0 Å². The number of anilines is 2. The average Bonchev–Trinajstić information content (AvgIpc) is 3.46. The van der Waals surface area contributed by atoms with E-state index < -0.39 is 11.9 Å². The number of rotatable bonds is 7. The lowest BCUT2D eigenvalue weighted by molar-refractivity contribution is -0.135. The van der Waals surface area contributed by atoms with E-state index in [1.54, 1.807) is 0 Å². The molecule has 0 spiro atoms. The highest BCUT2D eigenvalue weighted by Gasteiger charge is 2.30. The van der Waals surface area contributed by atoms with E-state index in [0.717, 1.165) is 86.4 Å². The van der Waals surface area contributed by atoms with E-state index in [-0.39, 0.29) is 11.9 Å². The summed E-state index contributed by atoms with van der Waals surface area (Å²) in [7, 11) is 2.21. The third-order valence-corrected chi connectivity index (χ3v) is 8.51. The lowest BCUT2D eigenvalue weighted by Gasteiger charge is -2.41. The molecule has 0 radical (unpaired) electrons. The number of benzene rings is 2. The molecule has 1 saturated carbocycles. The first-order chi connectivity index (χ1) is 23.0. The van der Waals surface area contributed by atoms with Crippen molar-refractivity contribution in [3.8, 4) is 11.3 Å². The summed E-state index contributed by atoms with van der Waals surface area (Å²) in [5, 5.41) is 23.7. The van der Waals surface area contributed by atoms with Crippen molar-refractivity contribution >= 4 is 40.4 Å². The van der Waals surface area contributed by atoms with Crippen LogP contribution in [0.5, 0.6) is 0 Å². The van der Waals surface area contributed by atoms with Crippen LogP contribution in [0.15, 0.2) is 60.9 Å². The molecular formula is C35H46N8O5. The van der Waals surface area contributed by atoms with Crippen LogP contribution < -0.4 is 11.1 Å². The summed E-state index contributed by atoms with van der Waals surface area (Å²) in [4.78, 5) is 44.5. The highest BCUT2D eigenvalue weighted by Crippen LogP contribution is 2.37. The van der Waals surface area contributed by atoms with Gasteiger partial charge in [0.05, 0.1) is 11.4 Å². The predicted molar refractivity (Wildman–Crippen MR) is 186 cm³/mol. The summed E-state index contributed by atoms with van der Waals surface area (Å²) < 4.78 is 2.09. The van der Waals surface area contributed by atoms with Gasteiger partial charge in [-0.2, -0.15) is 5.10 Å². The zero-order valence-corrected chi connectivity index (χ0v) is 27.9. The number of aliphatic carboxylic acids is 2. The normalized spacial score (nSPS) is 18.1. The minimum atomic E-state index is -0.833. The highest BCUT2D eigenvalue weighted by atomic mass is 16.4. The second-order valence-corrected chi connectivity index (χ2v) is 12.2. The maximum absolute atomic E-state index is 12.5. The van der Waals surface area contributed by atoms with Gasteiger partial charge in [-0.1, -0.05) is 42.5 Å². The van der Waals surface area contributed by atoms with Crippen molar-refractivity contribution in [2.45, 2.75) is 64.5 Å². The molecule has 1 amide bonds. The van der Waals surface area contributed by atoms with Crippen molar-refractivity contribution in [2.75, 3.05) is 44.3 Å². The van der Waals surface area contributed by atoms with Gasteiger partial charge in [-0.25, -0.2) is 14.6 Å². The molecule has 5 N–H and O–H groups in total. The standard InChI is InChI=1S/C31H38N8O.2C2H4O2/c1-37-17-19-38(20-18-37)25-12-14-26(15-13-25)39-31-28(30(32)33-21-34-31)29(36-39)23-8-10-24(11-9-23)35-27(40)16-7-22-5-3-2-4-6-22;2*1-2(3)4/h2-6,8-11,21,25-26H,7,12-20H2,1H3,(H,35,40)(H2,32,33,34);2*1H3,(H,3,4). The molecule has 0 bridgehead atoms. The van der Waals surface area contributed by atoms with Gasteiger partial charge in [-0.15, -0.1) is 0 Å². The minimum Gasteiger partial charge on any atom is -0.481 e. The van der Waals surface area contributed by atoms with E-state index in [2.05, 4.69) is 36.8 Å². The molecule has 1 aliphatic carbocycles. The number of carboxylic acid groups (broad SMARTS) is 2. The highest BCUT2D eigenvalue weighted by molar-refractivity contribution is 5.98.